The van der Waals surface area contributed by atoms with Crippen molar-refractivity contribution >= 4 is 0 Å². The van der Waals surface area contributed by atoms with Gasteiger partial charge in [0.2, 0.25) is 0 Å². The number of rotatable bonds is 5. The number of nitrogens with one attached hydrogen (secondary N) is 1. The summed E-state index contributed by atoms with van der Waals surface area (Å²) in [7, 11) is 0. The third-order valence-electron chi connectivity index (χ3n) is 5.05. The zero-order chi connectivity index (χ0) is 13.5. The number of nitrogens with zero attached hydrogens (tertiary/aromatic N) is 1. The van der Waals surface area contributed by atoms with Gasteiger partial charge in [-0.15, -0.1) is 0 Å². The minimum Gasteiger partial charge on any atom is -0.395 e. The van der Waals surface area contributed by atoms with Crippen LogP contribution >= 0.6 is 0 Å². The third-order valence-corrected chi connectivity index (χ3v) is 5.05. The van der Waals surface area contributed by atoms with Gasteiger partial charge in [-0.3, -0.25) is 4.90 Å². The van der Waals surface area contributed by atoms with Crippen LogP contribution in [0.2, 0.25) is 0 Å². The standard InChI is InChI=1S/C16H32N2O/c1-2-17-16-10-5-3-4-8-14(16)12-18-11-7-6-9-15(18)13-19/h14-17,19H,2-13H2,1H3. The molecule has 1 saturated heterocycles. The highest BCUT2D eigenvalue weighted by atomic mass is 16.3. The van der Waals surface area contributed by atoms with Crippen molar-refractivity contribution in [1.82, 2.24) is 10.2 Å². The summed E-state index contributed by atoms with van der Waals surface area (Å²) in [5, 5.41) is 13.3. The molecule has 3 heteroatoms. The van der Waals surface area contributed by atoms with Crippen molar-refractivity contribution in [2.75, 3.05) is 26.2 Å². The molecule has 1 heterocycles. The summed E-state index contributed by atoms with van der Waals surface area (Å²) in [5.41, 5.74) is 0. The maximum Gasteiger partial charge on any atom is 0.0586 e. The molecule has 0 aromatic carbocycles. The normalized spacial score (nSPS) is 34.1. The fourth-order valence-electron chi connectivity index (χ4n) is 3.94. The van der Waals surface area contributed by atoms with E-state index in [-0.39, 0.29) is 0 Å². The van der Waals surface area contributed by atoms with E-state index in [0.717, 1.165) is 12.5 Å². The Morgan fingerprint density at radius 1 is 1.05 bits per heavy atom. The quantitative estimate of drug-likeness (QED) is 0.752. The van der Waals surface area contributed by atoms with Crippen LogP contribution in [0.15, 0.2) is 0 Å². The molecule has 19 heavy (non-hydrogen) atoms. The van der Waals surface area contributed by atoms with Gasteiger partial charge < -0.3 is 10.4 Å². The largest absolute Gasteiger partial charge is 0.395 e. The Bertz CT molecular complexity index is 247. The van der Waals surface area contributed by atoms with E-state index in [9.17, 15) is 5.11 Å². The summed E-state index contributed by atoms with van der Waals surface area (Å²) in [6.07, 6.45) is 10.7. The van der Waals surface area contributed by atoms with Crippen LogP contribution in [0.4, 0.5) is 0 Å². The first-order valence-electron chi connectivity index (χ1n) is 8.43. The van der Waals surface area contributed by atoms with E-state index in [0.29, 0.717) is 18.7 Å². The Morgan fingerprint density at radius 3 is 2.63 bits per heavy atom. The molecule has 1 aliphatic carbocycles. The molecule has 0 spiro atoms. The average molecular weight is 268 g/mol. The Kier molecular flexibility index (Phi) is 6.62. The average Bonchev–Trinajstić information content (AvgIpc) is 2.66. The third kappa shape index (κ3) is 4.44. The van der Waals surface area contributed by atoms with E-state index in [1.54, 1.807) is 0 Å². The summed E-state index contributed by atoms with van der Waals surface area (Å²) < 4.78 is 0. The van der Waals surface area contributed by atoms with Crippen LogP contribution < -0.4 is 5.32 Å². The van der Waals surface area contributed by atoms with E-state index < -0.39 is 0 Å². The van der Waals surface area contributed by atoms with Crippen LogP contribution in [0.3, 0.4) is 0 Å². The van der Waals surface area contributed by atoms with Crippen molar-refractivity contribution in [3.63, 3.8) is 0 Å². The maximum atomic E-state index is 9.56. The monoisotopic (exact) mass is 268 g/mol. The highest BCUT2D eigenvalue weighted by Crippen LogP contribution is 2.27. The highest BCUT2D eigenvalue weighted by Gasteiger charge is 2.29. The predicted molar refractivity (Wildman–Crippen MR) is 80.3 cm³/mol. The molecule has 2 aliphatic rings. The van der Waals surface area contributed by atoms with Crippen molar-refractivity contribution in [3.05, 3.63) is 0 Å². The molecule has 0 aromatic rings. The molecular formula is C16H32N2O. The molecular weight excluding hydrogens is 236 g/mol. The Morgan fingerprint density at radius 2 is 1.84 bits per heavy atom. The van der Waals surface area contributed by atoms with Gasteiger partial charge in [0.05, 0.1) is 6.61 Å². The minimum atomic E-state index is 0.346. The summed E-state index contributed by atoms with van der Waals surface area (Å²) in [4.78, 5) is 2.57. The lowest BCUT2D eigenvalue weighted by Gasteiger charge is -2.39. The second kappa shape index (κ2) is 8.23. The fraction of sp³-hybridized carbons (Fsp3) is 1.00. The number of aliphatic hydroxyl groups is 1. The number of hydrogen-bond acceptors (Lipinski definition) is 3. The zero-order valence-corrected chi connectivity index (χ0v) is 12.6. The molecule has 3 nitrogen and oxygen atoms in total. The molecule has 1 aliphatic heterocycles. The topological polar surface area (TPSA) is 35.5 Å². The smallest absolute Gasteiger partial charge is 0.0586 e. The number of aliphatic hydroxyl groups excluding tert-OH is 1. The Labute approximate surface area is 118 Å². The van der Waals surface area contributed by atoms with Gasteiger partial charge in [-0.1, -0.05) is 32.6 Å². The van der Waals surface area contributed by atoms with Gasteiger partial charge in [-0.2, -0.15) is 0 Å². The van der Waals surface area contributed by atoms with E-state index in [1.165, 1.54) is 64.5 Å². The lowest BCUT2D eigenvalue weighted by Crippen LogP contribution is -2.48. The predicted octanol–water partition coefficient (Wildman–Crippen LogP) is 2.39. The molecule has 2 fully saturated rings. The van der Waals surface area contributed by atoms with Crippen LogP contribution in [-0.2, 0) is 0 Å². The first-order chi connectivity index (χ1) is 9.35. The molecule has 0 aromatic heterocycles. The minimum absolute atomic E-state index is 0.346. The summed E-state index contributed by atoms with van der Waals surface area (Å²) in [6, 6.07) is 1.13. The second-order valence-corrected chi connectivity index (χ2v) is 6.39. The lowest BCUT2D eigenvalue weighted by atomic mass is 9.92. The molecule has 2 N–H and O–H groups in total. The van der Waals surface area contributed by atoms with Gasteiger partial charge in [0, 0.05) is 18.6 Å². The molecule has 2 rings (SSSR count). The van der Waals surface area contributed by atoms with Crippen LogP contribution in [-0.4, -0.2) is 48.3 Å². The molecule has 3 unspecified atom stereocenters. The SMILES string of the molecule is CCNC1CCCCCC1CN1CCCCC1CO. The van der Waals surface area contributed by atoms with Gasteiger partial charge in [0.15, 0.2) is 0 Å². The Balaban J connectivity index is 1.92. The van der Waals surface area contributed by atoms with Crippen molar-refractivity contribution in [2.24, 2.45) is 5.92 Å². The summed E-state index contributed by atoms with van der Waals surface area (Å²) in [5.74, 6) is 0.787. The molecule has 0 amide bonds. The van der Waals surface area contributed by atoms with E-state index in [4.69, 9.17) is 0 Å². The zero-order valence-electron chi connectivity index (χ0n) is 12.6. The maximum absolute atomic E-state index is 9.56. The van der Waals surface area contributed by atoms with Gasteiger partial charge in [0.25, 0.3) is 0 Å². The van der Waals surface area contributed by atoms with Crippen molar-refractivity contribution in [2.45, 2.75) is 70.4 Å². The molecule has 3 atom stereocenters. The molecule has 112 valence electrons. The second-order valence-electron chi connectivity index (χ2n) is 6.39. The highest BCUT2D eigenvalue weighted by molar-refractivity contribution is 4.85. The van der Waals surface area contributed by atoms with Crippen LogP contribution in [0, 0.1) is 5.92 Å². The number of likely N-dealkylation sites (tertiary alicyclic amines) is 1. The van der Waals surface area contributed by atoms with Gasteiger partial charge in [0.1, 0.15) is 0 Å². The molecule has 1 saturated carbocycles. The van der Waals surface area contributed by atoms with E-state index >= 15 is 0 Å². The molecule has 0 bridgehead atoms. The van der Waals surface area contributed by atoms with E-state index in [1.807, 2.05) is 0 Å². The van der Waals surface area contributed by atoms with Gasteiger partial charge in [-0.05, 0) is 44.7 Å². The van der Waals surface area contributed by atoms with Crippen LogP contribution in [0.1, 0.15) is 58.3 Å². The number of piperidine rings is 1. The lowest BCUT2D eigenvalue weighted by molar-refractivity contribution is 0.0680. The van der Waals surface area contributed by atoms with Gasteiger partial charge >= 0.3 is 0 Å². The van der Waals surface area contributed by atoms with Crippen LogP contribution in [0.5, 0.6) is 0 Å². The fourth-order valence-corrected chi connectivity index (χ4v) is 3.94. The first kappa shape index (κ1) is 15.3. The van der Waals surface area contributed by atoms with Gasteiger partial charge in [-0.25, -0.2) is 0 Å². The van der Waals surface area contributed by atoms with Crippen molar-refractivity contribution in [3.8, 4) is 0 Å². The molecule has 0 radical (unpaired) electrons. The van der Waals surface area contributed by atoms with E-state index in [2.05, 4.69) is 17.1 Å². The first-order valence-corrected chi connectivity index (χ1v) is 8.43. The number of hydrogen-bond donors (Lipinski definition) is 2. The Hall–Kier alpha value is -0.120. The van der Waals surface area contributed by atoms with Crippen molar-refractivity contribution < 1.29 is 5.11 Å². The van der Waals surface area contributed by atoms with Crippen LogP contribution in [0.25, 0.3) is 0 Å². The summed E-state index contributed by atoms with van der Waals surface area (Å²) >= 11 is 0. The summed E-state index contributed by atoms with van der Waals surface area (Å²) in [6.45, 7) is 6.05. The van der Waals surface area contributed by atoms with Crippen molar-refractivity contribution in [1.29, 1.82) is 0 Å².